The zero-order valence-electron chi connectivity index (χ0n) is 78.4. The maximum atomic E-state index is 6.48. The fraction of sp³-hybridized carbons (Fsp3) is 0.0222. The maximum Gasteiger partial charge on any atom is 0.137 e. The molecule has 0 saturated carbocycles. The summed E-state index contributed by atoms with van der Waals surface area (Å²) in [5.41, 5.74) is 38.2. The minimum atomic E-state index is -0.0834. The average molecular weight is 1880 g/mol. The third-order valence-electron chi connectivity index (χ3n) is 32.0. The van der Waals surface area contributed by atoms with Crippen molar-refractivity contribution >= 4 is 261 Å². The van der Waals surface area contributed by atoms with Crippen molar-refractivity contribution in [2.75, 3.05) is 9.80 Å². The summed E-state index contributed by atoms with van der Waals surface area (Å²) in [5, 5.41) is 28.4. The second kappa shape index (κ2) is 29.4. The van der Waals surface area contributed by atoms with Crippen LogP contribution >= 0.6 is 22.7 Å². The van der Waals surface area contributed by atoms with E-state index in [0.717, 1.165) is 111 Å². The molecule has 4 aliphatic rings. The minimum Gasteiger partial charge on any atom is -0.456 e. The van der Waals surface area contributed by atoms with E-state index in [1.165, 1.54) is 211 Å². The van der Waals surface area contributed by atoms with Crippen molar-refractivity contribution in [2.45, 2.75) is 19.3 Å². The van der Waals surface area contributed by atoms with E-state index in [1.54, 1.807) is 0 Å². The van der Waals surface area contributed by atoms with Gasteiger partial charge in [-0.3, -0.25) is 0 Å². The number of nitrogens with zero attached hydrogens (tertiary/aromatic N) is 5. The van der Waals surface area contributed by atoms with Gasteiger partial charge in [0, 0.05) is 184 Å². The number of hydrogen-bond donors (Lipinski definition) is 0. The van der Waals surface area contributed by atoms with Crippen molar-refractivity contribution in [3.8, 4) is 72.7 Å². The van der Waals surface area contributed by atoms with Gasteiger partial charge in [-0.25, -0.2) is 0 Å². The lowest BCUT2D eigenvalue weighted by molar-refractivity contribution is 0.661. The van der Waals surface area contributed by atoms with E-state index < -0.39 is 0 Å². The number of anilines is 6. The van der Waals surface area contributed by atoms with Crippen LogP contribution in [0.25, 0.3) is 277 Å². The van der Waals surface area contributed by atoms with Crippen molar-refractivity contribution in [1.29, 1.82) is 0 Å². The van der Waals surface area contributed by atoms with E-state index in [4.69, 9.17) is 13.3 Å². The first-order chi connectivity index (χ1) is 71.7. The van der Waals surface area contributed by atoms with Crippen LogP contribution in [0, 0.1) is 0 Å². The van der Waals surface area contributed by atoms with Gasteiger partial charge < -0.3 is 36.8 Å². The Balaban J connectivity index is 0.000000100. The number of aromatic nitrogens is 3. The molecule has 8 heterocycles. The van der Waals surface area contributed by atoms with Crippen molar-refractivity contribution in [2.24, 2.45) is 0 Å². The van der Waals surface area contributed by atoms with Gasteiger partial charge in [0.25, 0.3) is 0 Å². The zero-order valence-corrected chi connectivity index (χ0v) is 80.1. The van der Waals surface area contributed by atoms with Gasteiger partial charge in [0.1, 0.15) is 33.5 Å². The molecule has 31 aromatic rings. The molecule has 0 amide bonds. The van der Waals surface area contributed by atoms with Crippen LogP contribution in [0.4, 0.5) is 34.1 Å². The molecular formula is C135H79N5O3S2. The van der Waals surface area contributed by atoms with E-state index in [1.807, 2.05) is 59.1 Å². The first-order valence-electron chi connectivity index (χ1n) is 49.8. The van der Waals surface area contributed by atoms with Crippen LogP contribution in [0.2, 0.25) is 0 Å². The van der Waals surface area contributed by atoms with Gasteiger partial charge in [-0.05, 0) is 270 Å². The van der Waals surface area contributed by atoms with Crippen molar-refractivity contribution in [3.05, 3.63) is 454 Å². The molecule has 145 heavy (non-hydrogen) atoms. The molecular weight excluding hydrogens is 1800 g/mol. The Morgan fingerprint density at radius 3 is 1.10 bits per heavy atom. The van der Waals surface area contributed by atoms with Gasteiger partial charge in [-0.2, -0.15) is 0 Å². The Morgan fingerprint density at radius 1 is 0.200 bits per heavy atom. The van der Waals surface area contributed by atoms with Crippen molar-refractivity contribution < 1.29 is 13.3 Å². The van der Waals surface area contributed by atoms with Gasteiger partial charge in [0.05, 0.1) is 33.1 Å². The highest BCUT2D eigenvalue weighted by Gasteiger charge is 2.41. The molecule has 8 nitrogen and oxygen atoms in total. The molecule has 0 aliphatic heterocycles. The summed E-state index contributed by atoms with van der Waals surface area (Å²) in [6.07, 6.45) is 0. The van der Waals surface area contributed by atoms with E-state index >= 15 is 0 Å². The van der Waals surface area contributed by atoms with Crippen LogP contribution in [0.3, 0.4) is 0 Å². The Kier molecular flexibility index (Phi) is 16.1. The summed E-state index contributed by atoms with van der Waals surface area (Å²) >= 11 is 3.82. The summed E-state index contributed by atoms with van der Waals surface area (Å²) in [4.78, 5) is 4.71. The molecule has 8 aromatic heterocycles. The molecule has 0 atom stereocenters. The Bertz CT molecular complexity index is 11200. The monoisotopic (exact) mass is 1880 g/mol. The summed E-state index contributed by atoms with van der Waals surface area (Å²) in [7, 11) is 0. The highest BCUT2D eigenvalue weighted by molar-refractivity contribution is 7.26. The van der Waals surface area contributed by atoms with Crippen LogP contribution in [0.1, 0.15) is 25.0 Å². The molecule has 0 radical (unpaired) electrons. The molecule has 0 spiro atoms. The number of rotatable bonds is 10. The SMILES string of the molecule is CC1(C)c2cccc3c2-c2c1ccc1ccc4c(c21)c1c-3cccc1n4-c1cccc(N(c2ccc3c(c2)oc2ccccc23)c2ccc3oc4ccccc4c3c2)c1.c1ccc(-c2cccc(N(c3cccc(-n4c5cccc6c5c5c7c(ccc8sc9cccc-6c9c87)ccc54)c3)c3ccc4c(c3)oc3ccccc34)c2)cc1.c1ccc(-n2c3cccc4c3c3c5c(ccc6sc7cccc-4c7c65)ccc32)cc1. The van der Waals surface area contributed by atoms with Crippen LogP contribution < -0.4 is 9.80 Å². The number of fused-ring (bicyclic) bond motifs is 12. The molecule has 0 saturated heterocycles. The van der Waals surface area contributed by atoms with Crippen LogP contribution in [-0.4, -0.2) is 13.7 Å². The van der Waals surface area contributed by atoms with E-state index in [2.05, 4.69) is 444 Å². The van der Waals surface area contributed by atoms with E-state index in [0.29, 0.717) is 0 Å². The highest BCUT2D eigenvalue weighted by Crippen LogP contribution is 2.62. The average Bonchev–Trinajstić information content (AvgIpc) is 1.52. The zero-order chi connectivity index (χ0) is 94.6. The highest BCUT2D eigenvalue weighted by atomic mass is 32.1. The van der Waals surface area contributed by atoms with Crippen LogP contribution in [0.5, 0.6) is 0 Å². The largest absolute Gasteiger partial charge is 0.456 e. The smallest absolute Gasteiger partial charge is 0.137 e. The van der Waals surface area contributed by atoms with Crippen LogP contribution in [0.15, 0.2) is 456 Å². The third-order valence-corrected chi connectivity index (χ3v) is 34.3. The molecule has 0 unspecified atom stereocenters. The van der Waals surface area contributed by atoms with Crippen LogP contribution in [-0.2, 0) is 5.41 Å². The molecule has 674 valence electrons. The summed E-state index contributed by atoms with van der Waals surface area (Å²) in [6, 6.07) is 162. The Labute approximate surface area is 837 Å². The summed E-state index contributed by atoms with van der Waals surface area (Å²) in [6.45, 7) is 4.77. The number of para-hydroxylation sites is 4. The lowest BCUT2D eigenvalue weighted by atomic mass is 9.81. The Morgan fingerprint density at radius 2 is 0.552 bits per heavy atom. The van der Waals surface area contributed by atoms with Crippen molar-refractivity contribution in [3.63, 3.8) is 0 Å². The summed E-state index contributed by atoms with van der Waals surface area (Å²) < 4.78 is 32.1. The fourth-order valence-electron chi connectivity index (χ4n) is 26.0. The molecule has 0 N–H and O–H groups in total. The normalized spacial score (nSPS) is 13.0. The number of hydrogen-bond acceptors (Lipinski definition) is 7. The van der Waals surface area contributed by atoms with E-state index in [-0.39, 0.29) is 5.41 Å². The summed E-state index contributed by atoms with van der Waals surface area (Å²) in [5.74, 6) is 0. The predicted molar refractivity (Wildman–Crippen MR) is 612 cm³/mol. The molecule has 23 aromatic carbocycles. The standard InChI is InChI=1S/C55H34N2O2.C52H30N2OS.C28H15NS/c1-55(2)42-16-8-14-39-40-15-9-17-44-52(40)54-45(26-21-31-20-25-43(55)53(50(31)54)51(39)42)57(44)33-11-7-10-32(28-33)56(34-23-27-48-41(29-34)37-13-4-6-19-47(37)58-48)35-22-24-38-36-12-3-5-18-46(36)59-49(38)30-35;1-2-10-31(11-3-1)33-12-6-13-34(28-33)53(37-24-25-39-38-16-4-5-20-44(38)55-45(39)30-37)35-14-7-15-36(29-35)54-42-19-8-17-40-41-18-9-21-46-50(41)52-47(56-46)27-23-32-22-26-43(54)51(48(32)52)49(40)42;1-2-6-17(7-3-1)29-20-10-4-8-18-19-9-5-11-22-26(19)28-23(30-22)15-13-16-12-14-21(29)27(24(16)28)25(18)20/h3-30H,1-2H3;1-30H;1-15H. The van der Waals surface area contributed by atoms with E-state index in [9.17, 15) is 0 Å². The maximum absolute atomic E-state index is 6.48. The predicted octanol–water partition coefficient (Wildman–Crippen LogP) is 39.1. The molecule has 0 bridgehead atoms. The molecule has 10 heteroatoms. The Hall–Kier alpha value is -18.3. The van der Waals surface area contributed by atoms with Gasteiger partial charge in [-0.1, -0.05) is 263 Å². The molecule has 0 fully saturated rings. The number of thiophene rings is 2. The minimum absolute atomic E-state index is 0.0834. The number of benzene rings is 23. The fourth-order valence-corrected chi connectivity index (χ4v) is 28.3. The van der Waals surface area contributed by atoms with Gasteiger partial charge in [-0.15, -0.1) is 22.7 Å². The van der Waals surface area contributed by atoms with Gasteiger partial charge in [0.15, 0.2) is 0 Å². The second-order valence-corrected chi connectivity index (χ2v) is 42.0. The van der Waals surface area contributed by atoms with Gasteiger partial charge >= 0.3 is 0 Å². The first-order valence-corrected chi connectivity index (χ1v) is 51.4. The van der Waals surface area contributed by atoms with Crippen molar-refractivity contribution in [1.82, 2.24) is 13.7 Å². The number of furan rings is 3. The third kappa shape index (κ3) is 11.0. The molecule has 35 rings (SSSR count). The first kappa shape index (κ1) is 79.5. The lowest BCUT2D eigenvalue weighted by Crippen LogP contribution is -2.14. The van der Waals surface area contributed by atoms with Gasteiger partial charge in [0.2, 0.25) is 0 Å². The quantitative estimate of drug-likeness (QED) is 0.137. The lowest BCUT2D eigenvalue weighted by Gasteiger charge is -2.26. The topological polar surface area (TPSA) is 60.7 Å². The molecule has 4 aliphatic carbocycles. The second-order valence-electron chi connectivity index (χ2n) is 39.9.